The second kappa shape index (κ2) is 7.32. The van der Waals surface area contributed by atoms with E-state index in [0.29, 0.717) is 34.3 Å². The summed E-state index contributed by atoms with van der Waals surface area (Å²) in [7, 11) is 0. The minimum Gasteiger partial charge on any atom is -0.352 e. The molecular formula is C18H16N4O3S. The molecule has 0 atom stereocenters. The number of anilines is 1. The first-order chi connectivity index (χ1) is 12.5. The first-order valence-corrected chi connectivity index (χ1v) is 8.34. The van der Waals surface area contributed by atoms with Crippen molar-refractivity contribution in [1.29, 1.82) is 0 Å². The van der Waals surface area contributed by atoms with Crippen LogP contribution in [0.3, 0.4) is 0 Å². The van der Waals surface area contributed by atoms with Gasteiger partial charge in [0.2, 0.25) is 0 Å². The monoisotopic (exact) mass is 368 g/mol. The fourth-order valence-electron chi connectivity index (χ4n) is 2.48. The van der Waals surface area contributed by atoms with Crippen molar-refractivity contribution in [3.8, 4) is 0 Å². The summed E-state index contributed by atoms with van der Waals surface area (Å²) in [5.74, 6) is -0.502. The molecular weight excluding hydrogens is 352 g/mol. The lowest BCUT2D eigenvalue weighted by molar-refractivity contribution is 0.0955. The number of nitrogens with one attached hydrogen (secondary N) is 4. The Morgan fingerprint density at radius 2 is 1.69 bits per heavy atom. The van der Waals surface area contributed by atoms with Gasteiger partial charge in [-0.15, -0.1) is 0 Å². The number of aromatic nitrogens is 2. The summed E-state index contributed by atoms with van der Waals surface area (Å²) in [6, 6.07) is 11.3. The molecule has 0 saturated heterocycles. The summed E-state index contributed by atoms with van der Waals surface area (Å²) < 4.78 is 0.195. The smallest absolute Gasteiger partial charge is 0.259 e. The van der Waals surface area contributed by atoms with Crippen molar-refractivity contribution in [3.63, 3.8) is 0 Å². The quantitative estimate of drug-likeness (QED) is 0.531. The van der Waals surface area contributed by atoms with Crippen LogP contribution in [0, 0.1) is 4.77 Å². The van der Waals surface area contributed by atoms with Gasteiger partial charge < -0.3 is 15.6 Å². The molecule has 132 valence electrons. The lowest BCUT2D eigenvalue weighted by Crippen LogP contribution is -2.22. The van der Waals surface area contributed by atoms with Gasteiger partial charge in [-0.2, -0.15) is 0 Å². The molecule has 2 amide bonds. The van der Waals surface area contributed by atoms with E-state index in [1.54, 1.807) is 42.5 Å². The highest BCUT2D eigenvalue weighted by atomic mass is 32.1. The van der Waals surface area contributed by atoms with Crippen LogP contribution in [0.1, 0.15) is 27.6 Å². The Morgan fingerprint density at radius 1 is 1.00 bits per heavy atom. The van der Waals surface area contributed by atoms with Crippen molar-refractivity contribution >= 4 is 40.6 Å². The van der Waals surface area contributed by atoms with Crippen molar-refractivity contribution in [2.75, 3.05) is 11.9 Å². The highest BCUT2D eigenvalue weighted by Gasteiger charge is 2.10. The number of hydrogen-bond acceptors (Lipinski definition) is 4. The van der Waals surface area contributed by atoms with E-state index in [1.807, 2.05) is 6.92 Å². The number of hydrogen-bond donors (Lipinski definition) is 4. The maximum Gasteiger partial charge on any atom is 0.259 e. The zero-order chi connectivity index (χ0) is 18.7. The number of H-pyrrole nitrogens is 2. The molecule has 0 spiro atoms. The van der Waals surface area contributed by atoms with Crippen LogP contribution in [0.4, 0.5) is 5.69 Å². The minimum absolute atomic E-state index is 0.166. The number of carbonyl (C=O) groups is 2. The highest BCUT2D eigenvalue weighted by Crippen LogP contribution is 2.14. The first-order valence-electron chi connectivity index (χ1n) is 7.94. The molecule has 0 unspecified atom stereocenters. The Morgan fingerprint density at radius 3 is 2.38 bits per heavy atom. The van der Waals surface area contributed by atoms with Crippen LogP contribution in [0.15, 0.2) is 47.3 Å². The van der Waals surface area contributed by atoms with Gasteiger partial charge in [-0.25, -0.2) is 0 Å². The predicted octanol–water partition coefficient (Wildman–Crippen LogP) is 2.59. The molecule has 0 saturated carbocycles. The van der Waals surface area contributed by atoms with E-state index in [4.69, 9.17) is 12.2 Å². The molecule has 7 nitrogen and oxygen atoms in total. The summed E-state index contributed by atoms with van der Waals surface area (Å²) >= 11 is 4.95. The van der Waals surface area contributed by atoms with Crippen LogP contribution in [-0.4, -0.2) is 28.3 Å². The predicted molar refractivity (Wildman–Crippen MR) is 102 cm³/mol. The SMILES string of the molecule is CCNC(=O)c1ccc(NC(=O)c2ccc3c(=O)[nH]c(=S)[nH]c3c2)cc1. The molecule has 1 heterocycles. The topological polar surface area (TPSA) is 107 Å². The average Bonchev–Trinajstić information content (AvgIpc) is 2.61. The van der Waals surface area contributed by atoms with Crippen LogP contribution in [0.5, 0.6) is 0 Å². The molecule has 0 fully saturated rings. The fraction of sp³-hybridized carbons (Fsp3) is 0.111. The molecule has 8 heteroatoms. The van der Waals surface area contributed by atoms with Gasteiger partial charge in [-0.1, -0.05) is 0 Å². The number of amides is 2. The van der Waals surface area contributed by atoms with Gasteiger partial charge in [-0.3, -0.25) is 19.4 Å². The Hall–Kier alpha value is -3.26. The average molecular weight is 368 g/mol. The van der Waals surface area contributed by atoms with Gasteiger partial charge in [0.05, 0.1) is 10.9 Å². The Labute approximate surface area is 153 Å². The third kappa shape index (κ3) is 3.70. The lowest BCUT2D eigenvalue weighted by Gasteiger charge is -2.07. The maximum absolute atomic E-state index is 12.4. The van der Waals surface area contributed by atoms with Gasteiger partial charge in [0.15, 0.2) is 4.77 Å². The molecule has 0 aliphatic rings. The van der Waals surface area contributed by atoms with E-state index in [9.17, 15) is 14.4 Å². The van der Waals surface area contributed by atoms with E-state index in [0.717, 1.165) is 0 Å². The highest BCUT2D eigenvalue weighted by molar-refractivity contribution is 7.71. The Kier molecular flexibility index (Phi) is 4.94. The Balaban J connectivity index is 1.81. The molecule has 3 rings (SSSR count). The zero-order valence-electron chi connectivity index (χ0n) is 13.9. The summed E-state index contributed by atoms with van der Waals surface area (Å²) in [5.41, 5.74) is 1.63. The summed E-state index contributed by atoms with van der Waals surface area (Å²) in [4.78, 5) is 41.4. The van der Waals surface area contributed by atoms with Gasteiger partial charge in [-0.05, 0) is 61.6 Å². The fourth-order valence-corrected chi connectivity index (χ4v) is 2.68. The number of carbonyl (C=O) groups excluding carboxylic acids is 2. The zero-order valence-corrected chi connectivity index (χ0v) is 14.7. The van der Waals surface area contributed by atoms with E-state index in [2.05, 4.69) is 20.6 Å². The van der Waals surface area contributed by atoms with Crippen LogP contribution in [-0.2, 0) is 0 Å². The van der Waals surface area contributed by atoms with Gasteiger partial charge in [0.1, 0.15) is 0 Å². The summed E-state index contributed by atoms with van der Waals surface area (Å²) in [5, 5.41) is 5.88. The molecule has 1 aromatic heterocycles. The van der Waals surface area contributed by atoms with Gasteiger partial charge in [0.25, 0.3) is 17.4 Å². The van der Waals surface area contributed by atoms with Crippen molar-refractivity contribution in [2.24, 2.45) is 0 Å². The second-order valence-corrected chi connectivity index (χ2v) is 5.97. The van der Waals surface area contributed by atoms with Gasteiger partial charge in [0, 0.05) is 23.4 Å². The summed E-state index contributed by atoms with van der Waals surface area (Å²) in [6.45, 7) is 2.39. The van der Waals surface area contributed by atoms with E-state index < -0.39 is 0 Å². The molecule has 0 radical (unpaired) electrons. The molecule has 0 bridgehead atoms. The van der Waals surface area contributed by atoms with Crippen LogP contribution in [0.25, 0.3) is 10.9 Å². The number of fused-ring (bicyclic) bond motifs is 1. The molecule has 0 aliphatic carbocycles. The lowest BCUT2D eigenvalue weighted by atomic mass is 10.1. The van der Waals surface area contributed by atoms with Crippen molar-refractivity contribution in [1.82, 2.24) is 15.3 Å². The number of aromatic amines is 2. The number of rotatable bonds is 4. The van der Waals surface area contributed by atoms with Crippen LogP contribution >= 0.6 is 12.2 Å². The minimum atomic E-state index is -0.336. The maximum atomic E-state index is 12.4. The normalized spacial score (nSPS) is 10.5. The molecule has 3 aromatic rings. The van der Waals surface area contributed by atoms with Crippen molar-refractivity contribution in [2.45, 2.75) is 6.92 Å². The third-order valence-electron chi connectivity index (χ3n) is 3.74. The van der Waals surface area contributed by atoms with Crippen molar-refractivity contribution in [3.05, 3.63) is 68.7 Å². The molecule has 4 N–H and O–H groups in total. The molecule has 26 heavy (non-hydrogen) atoms. The van der Waals surface area contributed by atoms with E-state index in [1.165, 1.54) is 0 Å². The van der Waals surface area contributed by atoms with Gasteiger partial charge >= 0.3 is 0 Å². The van der Waals surface area contributed by atoms with E-state index >= 15 is 0 Å². The molecule has 0 aliphatic heterocycles. The standard InChI is InChI=1S/C18H16N4O3S/c1-2-19-15(23)10-3-6-12(7-4-10)20-16(24)11-5-8-13-14(9-11)21-18(26)22-17(13)25/h3-9H,2H2,1H3,(H,19,23)(H,20,24)(H2,21,22,25,26). The third-order valence-corrected chi connectivity index (χ3v) is 3.95. The Bertz CT molecular complexity index is 1100. The second-order valence-electron chi connectivity index (χ2n) is 5.56. The summed E-state index contributed by atoms with van der Waals surface area (Å²) in [6.07, 6.45) is 0. The van der Waals surface area contributed by atoms with Crippen LogP contribution < -0.4 is 16.2 Å². The largest absolute Gasteiger partial charge is 0.352 e. The van der Waals surface area contributed by atoms with E-state index in [-0.39, 0.29) is 22.1 Å². The first kappa shape index (κ1) is 17.6. The molecule has 2 aromatic carbocycles. The van der Waals surface area contributed by atoms with Crippen molar-refractivity contribution < 1.29 is 9.59 Å². The number of benzene rings is 2. The van der Waals surface area contributed by atoms with Crippen LogP contribution in [0.2, 0.25) is 0 Å².